The van der Waals surface area contributed by atoms with Gasteiger partial charge in [0.1, 0.15) is 0 Å². The lowest BCUT2D eigenvalue weighted by molar-refractivity contribution is 0.482. The van der Waals surface area contributed by atoms with E-state index in [1.165, 1.54) is 29.5 Å². The van der Waals surface area contributed by atoms with E-state index in [9.17, 15) is 0 Å². The van der Waals surface area contributed by atoms with Gasteiger partial charge in [0.2, 0.25) is 0 Å². The lowest BCUT2D eigenvalue weighted by Crippen LogP contribution is -2.31. The average Bonchev–Trinajstić information content (AvgIpc) is 2.19. The Kier molecular flexibility index (Phi) is 2.69. The highest BCUT2D eigenvalue weighted by molar-refractivity contribution is 5.53. The van der Waals surface area contributed by atoms with Gasteiger partial charge in [0.15, 0.2) is 0 Å². The molecule has 1 N–H and O–H groups in total. The quantitative estimate of drug-likeness (QED) is 0.764. The van der Waals surface area contributed by atoms with Crippen LogP contribution in [0.2, 0.25) is 0 Å². The van der Waals surface area contributed by atoms with Gasteiger partial charge in [-0.15, -0.1) is 0 Å². The summed E-state index contributed by atoms with van der Waals surface area (Å²) in [7, 11) is 0. The molecule has 1 aliphatic rings. The molecular formula is C13H17N. The standard InChI is InChI=1S/C13H17N/c1-3-7-14-13-9-11-8-10(4-2)5-6-12(11)13/h4-6,8,13-14H,2-3,7,9H2,1H3. The van der Waals surface area contributed by atoms with Crippen molar-refractivity contribution in [1.82, 2.24) is 5.32 Å². The van der Waals surface area contributed by atoms with Gasteiger partial charge in [-0.1, -0.05) is 37.8 Å². The first-order chi connectivity index (χ1) is 6.85. The molecule has 2 rings (SSSR count). The third-order valence-electron chi connectivity index (χ3n) is 2.84. The van der Waals surface area contributed by atoms with E-state index in [4.69, 9.17) is 0 Å². The van der Waals surface area contributed by atoms with Crippen LogP contribution in [-0.4, -0.2) is 6.54 Å². The van der Waals surface area contributed by atoms with Crippen molar-refractivity contribution >= 4 is 6.08 Å². The van der Waals surface area contributed by atoms with Crippen molar-refractivity contribution in [2.75, 3.05) is 6.54 Å². The van der Waals surface area contributed by atoms with Crippen LogP contribution in [-0.2, 0) is 6.42 Å². The zero-order valence-corrected chi connectivity index (χ0v) is 8.72. The Bertz CT molecular complexity index is 341. The molecule has 1 unspecified atom stereocenters. The predicted octanol–water partition coefficient (Wildman–Crippen LogP) is 2.93. The summed E-state index contributed by atoms with van der Waals surface area (Å²) in [5.41, 5.74) is 4.19. The number of nitrogens with one attached hydrogen (secondary N) is 1. The molecule has 0 saturated carbocycles. The van der Waals surface area contributed by atoms with Crippen molar-refractivity contribution in [2.24, 2.45) is 0 Å². The first-order valence-electron chi connectivity index (χ1n) is 5.33. The Morgan fingerprint density at radius 2 is 2.43 bits per heavy atom. The number of hydrogen-bond donors (Lipinski definition) is 1. The van der Waals surface area contributed by atoms with E-state index in [1.54, 1.807) is 0 Å². The lowest BCUT2D eigenvalue weighted by Gasteiger charge is -2.31. The van der Waals surface area contributed by atoms with Crippen molar-refractivity contribution in [2.45, 2.75) is 25.8 Å². The largest absolute Gasteiger partial charge is 0.310 e. The van der Waals surface area contributed by atoms with Crippen LogP contribution in [0.4, 0.5) is 0 Å². The third kappa shape index (κ3) is 1.60. The first kappa shape index (κ1) is 9.47. The summed E-state index contributed by atoms with van der Waals surface area (Å²) >= 11 is 0. The summed E-state index contributed by atoms with van der Waals surface area (Å²) in [4.78, 5) is 0. The molecule has 1 aromatic carbocycles. The van der Waals surface area contributed by atoms with Crippen LogP contribution < -0.4 is 5.32 Å². The molecule has 0 radical (unpaired) electrons. The van der Waals surface area contributed by atoms with Crippen molar-refractivity contribution in [3.8, 4) is 0 Å². The zero-order valence-electron chi connectivity index (χ0n) is 8.72. The van der Waals surface area contributed by atoms with E-state index in [0.717, 1.165) is 6.54 Å². The lowest BCUT2D eigenvalue weighted by atomic mass is 9.82. The molecule has 0 amide bonds. The Labute approximate surface area is 85.8 Å². The van der Waals surface area contributed by atoms with Crippen LogP contribution >= 0.6 is 0 Å². The summed E-state index contributed by atoms with van der Waals surface area (Å²) in [5, 5.41) is 3.54. The van der Waals surface area contributed by atoms with E-state index in [2.05, 4.69) is 37.0 Å². The van der Waals surface area contributed by atoms with E-state index in [1.807, 2.05) is 6.08 Å². The van der Waals surface area contributed by atoms with E-state index >= 15 is 0 Å². The monoisotopic (exact) mass is 187 g/mol. The van der Waals surface area contributed by atoms with Gasteiger partial charge in [-0.2, -0.15) is 0 Å². The number of fused-ring (bicyclic) bond motifs is 1. The highest BCUT2D eigenvalue weighted by Crippen LogP contribution is 2.33. The molecule has 14 heavy (non-hydrogen) atoms. The third-order valence-corrected chi connectivity index (χ3v) is 2.84. The molecule has 0 saturated heterocycles. The predicted molar refractivity (Wildman–Crippen MR) is 61.3 cm³/mol. The Balaban J connectivity index is 2.07. The number of rotatable bonds is 4. The molecular weight excluding hydrogens is 170 g/mol. The summed E-state index contributed by atoms with van der Waals surface area (Å²) in [5.74, 6) is 0. The number of benzene rings is 1. The first-order valence-corrected chi connectivity index (χ1v) is 5.33. The van der Waals surface area contributed by atoms with Crippen molar-refractivity contribution in [3.05, 3.63) is 41.5 Å². The van der Waals surface area contributed by atoms with Crippen molar-refractivity contribution in [3.63, 3.8) is 0 Å². The van der Waals surface area contributed by atoms with Gasteiger partial charge in [-0.05, 0) is 36.1 Å². The van der Waals surface area contributed by atoms with E-state index in [0.29, 0.717) is 6.04 Å². The minimum Gasteiger partial charge on any atom is -0.310 e. The molecule has 0 fully saturated rings. The van der Waals surface area contributed by atoms with Gasteiger partial charge in [0, 0.05) is 6.04 Å². The van der Waals surface area contributed by atoms with Gasteiger partial charge >= 0.3 is 0 Å². The summed E-state index contributed by atoms with van der Waals surface area (Å²) < 4.78 is 0. The van der Waals surface area contributed by atoms with Crippen LogP contribution in [0.15, 0.2) is 24.8 Å². The molecule has 1 nitrogen and oxygen atoms in total. The summed E-state index contributed by atoms with van der Waals surface area (Å²) in [6.07, 6.45) is 4.29. The van der Waals surface area contributed by atoms with Crippen LogP contribution in [0.1, 0.15) is 36.1 Å². The van der Waals surface area contributed by atoms with Crippen LogP contribution in [0.25, 0.3) is 6.08 Å². The maximum absolute atomic E-state index is 3.78. The molecule has 0 spiro atoms. The number of hydrogen-bond acceptors (Lipinski definition) is 1. The zero-order chi connectivity index (χ0) is 9.97. The molecule has 0 bridgehead atoms. The highest BCUT2D eigenvalue weighted by atomic mass is 14.9. The second-order valence-electron chi connectivity index (χ2n) is 3.87. The fraction of sp³-hybridized carbons (Fsp3) is 0.385. The van der Waals surface area contributed by atoms with E-state index < -0.39 is 0 Å². The minimum atomic E-state index is 0.601. The van der Waals surface area contributed by atoms with Gasteiger partial charge in [0.05, 0.1) is 0 Å². The molecule has 1 heteroatoms. The normalized spacial score (nSPS) is 18.5. The van der Waals surface area contributed by atoms with Crippen molar-refractivity contribution in [1.29, 1.82) is 0 Å². The van der Waals surface area contributed by atoms with Gasteiger partial charge in [-0.25, -0.2) is 0 Å². The molecule has 0 heterocycles. The Hall–Kier alpha value is -1.08. The molecule has 1 aliphatic carbocycles. The smallest absolute Gasteiger partial charge is 0.0363 e. The fourth-order valence-electron chi connectivity index (χ4n) is 1.97. The average molecular weight is 187 g/mol. The SMILES string of the molecule is C=Cc1ccc2c(c1)CC2NCCC. The Morgan fingerprint density at radius 3 is 3.07 bits per heavy atom. The summed E-state index contributed by atoms with van der Waals surface area (Å²) in [6.45, 7) is 7.10. The van der Waals surface area contributed by atoms with Gasteiger partial charge < -0.3 is 5.32 Å². The molecule has 1 aromatic rings. The fourth-order valence-corrected chi connectivity index (χ4v) is 1.97. The molecule has 0 aromatic heterocycles. The second kappa shape index (κ2) is 3.97. The topological polar surface area (TPSA) is 12.0 Å². The maximum atomic E-state index is 3.78. The van der Waals surface area contributed by atoms with Gasteiger partial charge in [0.25, 0.3) is 0 Å². The van der Waals surface area contributed by atoms with E-state index in [-0.39, 0.29) is 0 Å². The van der Waals surface area contributed by atoms with Crippen LogP contribution in [0.3, 0.4) is 0 Å². The molecule has 0 aliphatic heterocycles. The second-order valence-corrected chi connectivity index (χ2v) is 3.87. The highest BCUT2D eigenvalue weighted by Gasteiger charge is 2.24. The minimum absolute atomic E-state index is 0.601. The summed E-state index contributed by atoms with van der Waals surface area (Å²) in [6, 6.07) is 7.21. The molecule has 74 valence electrons. The van der Waals surface area contributed by atoms with Gasteiger partial charge in [-0.3, -0.25) is 0 Å². The van der Waals surface area contributed by atoms with Crippen molar-refractivity contribution < 1.29 is 0 Å². The van der Waals surface area contributed by atoms with Crippen LogP contribution in [0, 0.1) is 0 Å². The maximum Gasteiger partial charge on any atom is 0.0363 e. The molecule has 1 atom stereocenters. The Morgan fingerprint density at radius 1 is 1.57 bits per heavy atom. The van der Waals surface area contributed by atoms with Crippen LogP contribution in [0.5, 0.6) is 0 Å².